The predicted molar refractivity (Wildman–Crippen MR) is 83.1 cm³/mol. The van der Waals surface area contributed by atoms with Gasteiger partial charge in [-0.15, -0.1) is 0 Å². The van der Waals surface area contributed by atoms with Crippen LogP contribution >= 0.6 is 0 Å². The van der Waals surface area contributed by atoms with E-state index in [-0.39, 0.29) is 0 Å². The smallest absolute Gasteiger partial charge is 0.412 e. The van der Waals surface area contributed by atoms with E-state index in [9.17, 15) is 9.59 Å². The van der Waals surface area contributed by atoms with Gasteiger partial charge in [-0.1, -0.05) is 5.92 Å². The Balaban J connectivity index is 2.84. The number of hydrogen-bond acceptors (Lipinski definition) is 3. The lowest BCUT2D eigenvalue weighted by Crippen LogP contribution is -2.27. The Morgan fingerprint density at radius 3 is 2.19 bits per heavy atom. The molecule has 0 saturated carbocycles. The molecule has 0 aliphatic heterocycles. The molecule has 0 saturated heterocycles. The van der Waals surface area contributed by atoms with Gasteiger partial charge in [0.25, 0.3) is 5.91 Å². The first-order valence-electron chi connectivity index (χ1n) is 6.55. The van der Waals surface area contributed by atoms with Gasteiger partial charge in [-0.3, -0.25) is 10.1 Å². The third-order valence-electron chi connectivity index (χ3n) is 2.22. The molecule has 0 atom stereocenters. The van der Waals surface area contributed by atoms with Crippen LogP contribution in [0.4, 0.5) is 16.2 Å². The van der Waals surface area contributed by atoms with Gasteiger partial charge in [-0.2, -0.15) is 0 Å². The molecule has 0 bridgehead atoms. The Hall–Kier alpha value is -2.48. The maximum atomic E-state index is 11.7. The lowest BCUT2D eigenvalue weighted by atomic mass is 10.2. The molecule has 2 amide bonds. The zero-order valence-corrected chi connectivity index (χ0v) is 13.0. The maximum Gasteiger partial charge on any atom is 0.412 e. The molecule has 0 heterocycles. The second kappa shape index (κ2) is 6.80. The Kier molecular flexibility index (Phi) is 5.37. The van der Waals surface area contributed by atoms with E-state index in [0.29, 0.717) is 11.4 Å². The molecule has 0 aliphatic rings. The largest absolute Gasteiger partial charge is 0.444 e. The highest BCUT2D eigenvalue weighted by Gasteiger charge is 2.16. The first kappa shape index (κ1) is 16.6. The number of carbonyl (C=O) groups is 2. The van der Waals surface area contributed by atoms with Crippen molar-refractivity contribution in [2.24, 2.45) is 0 Å². The molecule has 0 aliphatic carbocycles. The Labute approximate surface area is 125 Å². The number of hydrogen-bond donors (Lipinski definition) is 2. The number of aryl methyl sites for hydroxylation is 1. The molecule has 1 aromatic rings. The molecule has 112 valence electrons. The quantitative estimate of drug-likeness (QED) is 0.820. The van der Waals surface area contributed by atoms with Crippen LogP contribution in [0.3, 0.4) is 0 Å². The molecule has 5 nitrogen and oxygen atoms in total. The van der Waals surface area contributed by atoms with E-state index in [2.05, 4.69) is 22.5 Å². The van der Waals surface area contributed by atoms with Crippen molar-refractivity contribution in [1.82, 2.24) is 0 Å². The van der Waals surface area contributed by atoms with Crippen LogP contribution in [0.25, 0.3) is 0 Å². The van der Waals surface area contributed by atoms with Crippen LogP contribution in [0.2, 0.25) is 0 Å². The molecule has 5 heteroatoms. The second-order valence-electron chi connectivity index (χ2n) is 5.54. The molecule has 1 rings (SSSR count). The minimum Gasteiger partial charge on any atom is -0.444 e. The van der Waals surface area contributed by atoms with Gasteiger partial charge < -0.3 is 10.1 Å². The molecular formula is C16H20N2O3. The van der Waals surface area contributed by atoms with Gasteiger partial charge in [-0.05, 0) is 64.3 Å². The number of rotatable bonds is 2. The molecule has 21 heavy (non-hydrogen) atoms. The van der Waals surface area contributed by atoms with Gasteiger partial charge in [0.05, 0.1) is 0 Å². The number of carbonyl (C=O) groups excluding carboxylic acids is 2. The Morgan fingerprint density at radius 2 is 1.67 bits per heavy atom. The molecule has 0 aromatic heterocycles. The third-order valence-corrected chi connectivity index (χ3v) is 2.22. The average Bonchev–Trinajstić information content (AvgIpc) is 2.24. The van der Waals surface area contributed by atoms with Gasteiger partial charge in [0.1, 0.15) is 5.60 Å². The Bertz CT molecular complexity index is 604. The van der Waals surface area contributed by atoms with E-state index in [1.54, 1.807) is 45.9 Å². The minimum absolute atomic E-state index is 0.397. The van der Waals surface area contributed by atoms with Crippen molar-refractivity contribution in [3.63, 3.8) is 0 Å². The topological polar surface area (TPSA) is 67.4 Å². The number of benzene rings is 1. The molecule has 2 N–H and O–H groups in total. The van der Waals surface area contributed by atoms with Gasteiger partial charge in [0, 0.05) is 11.4 Å². The number of ether oxygens (including phenoxy) is 1. The SMILES string of the molecule is CC#CC(=O)Nc1cc(C)cc(NC(=O)OC(C)(C)C)c1. The number of nitrogens with one attached hydrogen (secondary N) is 2. The van der Waals surface area contributed by atoms with E-state index >= 15 is 0 Å². The summed E-state index contributed by atoms with van der Waals surface area (Å²) in [6.07, 6.45) is -0.543. The van der Waals surface area contributed by atoms with Crippen molar-refractivity contribution in [2.75, 3.05) is 10.6 Å². The lowest BCUT2D eigenvalue weighted by molar-refractivity contribution is -0.111. The minimum atomic E-state index is -0.568. The van der Waals surface area contributed by atoms with Gasteiger partial charge in [0.2, 0.25) is 0 Å². The van der Waals surface area contributed by atoms with Crippen molar-refractivity contribution in [1.29, 1.82) is 0 Å². The normalized spacial score (nSPS) is 10.1. The van der Waals surface area contributed by atoms with E-state index in [1.165, 1.54) is 0 Å². The van der Waals surface area contributed by atoms with Crippen LogP contribution in [0.1, 0.15) is 33.3 Å². The van der Waals surface area contributed by atoms with Crippen LogP contribution in [0, 0.1) is 18.8 Å². The monoisotopic (exact) mass is 288 g/mol. The fourth-order valence-electron chi connectivity index (χ4n) is 1.62. The lowest BCUT2D eigenvalue weighted by Gasteiger charge is -2.20. The third kappa shape index (κ3) is 6.48. The van der Waals surface area contributed by atoms with Crippen LogP contribution in [-0.2, 0) is 9.53 Å². The number of amides is 2. The van der Waals surface area contributed by atoms with Crippen LogP contribution in [0.5, 0.6) is 0 Å². The summed E-state index contributed by atoms with van der Waals surface area (Å²) in [7, 11) is 0. The van der Waals surface area contributed by atoms with E-state index < -0.39 is 17.6 Å². The summed E-state index contributed by atoms with van der Waals surface area (Å²) < 4.78 is 5.18. The van der Waals surface area contributed by atoms with Crippen LogP contribution in [-0.4, -0.2) is 17.6 Å². The summed E-state index contributed by atoms with van der Waals surface area (Å²) >= 11 is 0. The first-order chi connectivity index (χ1) is 9.69. The summed E-state index contributed by atoms with van der Waals surface area (Å²) in [4.78, 5) is 23.2. The Morgan fingerprint density at radius 1 is 1.10 bits per heavy atom. The summed E-state index contributed by atoms with van der Waals surface area (Å²) in [5.74, 6) is 4.52. The maximum absolute atomic E-state index is 11.7. The van der Waals surface area contributed by atoms with Crippen LogP contribution < -0.4 is 10.6 Å². The highest BCUT2D eigenvalue weighted by atomic mass is 16.6. The number of anilines is 2. The predicted octanol–water partition coefficient (Wildman–Crippen LogP) is 3.30. The summed E-state index contributed by atoms with van der Waals surface area (Å²) in [6, 6.07) is 5.22. The summed E-state index contributed by atoms with van der Waals surface area (Å²) in [6.45, 7) is 8.82. The van der Waals surface area contributed by atoms with Crippen molar-refractivity contribution >= 4 is 23.4 Å². The highest BCUT2D eigenvalue weighted by molar-refractivity contribution is 6.04. The van der Waals surface area contributed by atoms with Gasteiger partial charge >= 0.3 is 6.09 Å². The molecule has 1 aromatic carbocycles. The molecule has 0 radical (unpaired) electrons. The molecule has 0 spiro atoms. The zero-order valence-electron chi connectivity index (χ0n) is 13.0. The summed E-state index contributed by atoms with van der Waals surface area (Å²) in [5.41, 5.74) is 1.43. The van der Waals surface area contributed by atoms with E-state index in [0.717, 1.165) is 5.56 Å². The van der Waals surface area contributed by atoms with Crippen LogP contribution in [0.15, 0.2) is 18.2 Å². The first-order valence-corrected chi connectivity index (χ1v) is 6.55. The molecular weight excluding hydrogens is 268 g/mol. The second-order valence-corrected chi connectivity index (χ2v) is 5.54. The fourth-order valence-corrected chi connectivity index (χ4v) is 1.62. The fraction of sp³-hybridized carbons (Fsp3) is 0.375. The molecule has 0 fully saturated rings. The van der Waals surface area contributed by atoms with Gasteiger partial charge in [-0.25, -0.2) is 4.79 Å². The van der Waals surface area contributed by atoms with Crippen molar-refractivity contribution in [2.45, 2.75) is 40.2 Å². The van der Waals surface area contributed by atoms with Crippen molar-refractivity contribution in [3.8, 4) is 11.8 Å². The van der Waals surface area contributed by atoms with Crippen molar-refractivity contribution < 1.29 is 14.3 Å². The van der Waals surface area contributed by atoms with E-state index in [4.69, 9.17) is 4.74 Å². The highest BCUT2D eigenvalue weighted by Crippen LogP contribution is 2.19. The standard InChI is InChI=1S/C16H20N2O3/c1-6-7-14(19)17-12-8-11(2)9-13(10-12)18-15(20)21-16(3,4)5/h8-10H,1-5H3,(H,17,19)(H,18,20). The molecule has 0 unspecified atom stereocenters. The van der Waals surface area contributed by atoms with Crippen molar-refractivity contribution in [3.05, 3.63) is 23.8 Å². The van der Waals surface area contributed by atoms with E-state index in [1.807, 2.05) is 6.92 Å². The van der Waals surface area contributed by atoms with Gasteiger partial charge in [0.15, 0.2) is 0 Å². The average molecular weight is 288 g/mol. The zero-order chi connectivity index (χ0) is 16.0. The summed E-state index contributed by atoms with van der Waals surface area (Å²) in [5, 5.41) is 5.28.